The van der Waals surface area contributed by atoms with Gasteiger partial charge in [0.15, 0.2) is 0 Å². The zero-order valence-corrected chi connectivity index (χ0v) is 18.4. The number of rotatable bonds is 6. The quantitative estimate of drug-likeness (QED) is 0.527. The van der Waals surface area contributed by atoms with Gasteiger partial charge in [0, 0.05) is 0 Å². The molecule has 0 aromatic rings. The molecule has 0 atom stereocenters. The molecule has 0 heterocycles. The summed E-state index contributed by atoms with van der Waals surface area (Å²) in [7, 11) is -10.00. The lowest BCUT2D eigenvalue weighted by atomic mass is 11.8. The lowest BCUT2D eigenvalue weighted by Gasteiger charge is -2.38. The summed E-state index contributed by atoms with van der Waals surface area (Å²) >= 11 is 0. The monoisotopic (exact) mass is 360 g/mol. The van der Waals surface area contributed by atoms with Crippen molar-refractivity contribution in [2.45, 2.75) is 58.9 Å². The molecule has 0 aromatic carbocycles. The highest BCUT2D eigenvalue weighted by atomic mass is 32.2. The van der Waals surface area contributed by atoms with Gasteiger partial charge in [-0.3, -0.25) is 0 Å². The molecule has 0 fully saturated rings. The van der Waals surface area contributed by atoms with Crippen molar-refractivity contribution in [1.82, 2.24) is 0 Å². The Kier molecular flexibility index (Phi) is 5.76. The summed E-state index contributed by atoms with van der Waals surface area (Å²) in [6, 6.07) is 0. The molecule has 0 rings (SSSR count). The molecule has 0 saturated carbocycles. The maximum atomic E-state index is 13.4. The maximum Gasteiger partial charge on any atom is 0.264 e. The topological polar surface area (TPSA) is 60.4 Å². The summed E-state index contributed by atoms with van der Waals surface area (Å²) < 4.78 is 43.2. The van der Waals surface area contributed by atoms with Gasteiger partial charge < -0.3 is 8.44 Å². The zero-order chi connectivity index (χ0) is 15.9. The predicted molar refractivity (Wildman–Crippen MR) is 92.5 cm³/mol. The molecule has 0 bridgehead atoms. The Morgan fingerprint density at radius 2 is 1.16 bits per heavy atom. The van der Waals surface area contributed by atoms with Crippen molar-refractivity contribution in [3.8, 4) is 0 Å². The van der Waals surface area contributed by atoms with E-state index in [1.165, 1.54) is 0 Å². The van der Waals surface area contributed by atoms with Gasteiger partial charge in [0.1, 0.15) is 21.0 Å². The molecule has 0 spiro atoms. The molecular weight excluding hydrogens is 331 g/mol. The highest BCUT2D eigenvalue weighted by Gasteiger charge is 2.51. The Morgan fingerprint density at radius 3 is 1.37 bits per heavy atom. The Hall–Kier alpha value is 0.791. The summed E-state index contributed by atoms with van der Waals surface area (Å²) in [5.41, 5.74) is -0.254. The molecule has 0 amide bonds. The largest absolute Gasteiger partial charge is 0.332 e. The summed E-state index contributed by atoms with van der Waals surface area (Å²) in [6.45, 7) is 17.6. The highest BCUT2D eigenvalue weighted by Crippen LogP contribution is 2.63. The first-order valence-corrected chi connectivity index (χ1v) is 22.0. The molecule has 0 aromatic heterocycles. The van der Waals surface area contributed by atoms with Crippen LogP contribution in [0.3, 0.4) is 0 Å². The van der Waals surface area contributed by atoms with E-state index in [1.807, 2.05) is 58.9 Å². The van der Waals surface area contributed by atoms with Crippen LogP contribution in [0.1, 0.15) is 0 Å². The standard InChI is InChI=1S/C10H29O4PSSi3/c1-17(2,3)14-16(12,13)10-15(11,18(4,5)6)19(7,8)9/h10H2,1-9H3. The third kappa shape index (κ3) is 5.59. The summed E-state index contributed by atoms with van der Waals surface area (Å²) in [4.78, 5) is 0. The Labute approximate surface area is 121 Å². The minimum absolute atomic E-state index is 0.254. The Bertz CT molecular complexity index is 450. The van der Waals surface area contributed by atoms with Crippen LogP contribution in [-0.2, 0) is 18.6 Å². The SMILES string of the molecule is C[Si](C)(C)OS(=O)(=O)CP(=O)([Si](C)(C)C)[Si](C)(C)C. The minimum atomic E-state index is -3.70. The van der Waals surface area contributed by atoms with Crippen LogP contribution in [0, 0.1) is 0 Å². The lowest BCUT2D eigenvalue weighted by Crippen LogP contribution is -2.40. The van der Waals surface area contributed by atoms with E-state index in [-0.39, 0.29) is 5.49 Å². The van der Waals surface area contributed by atoms with Gasteiger partial charge in [0.05, 0.1) is 6.24 Å². The number of hydrogen-bond donors (Lipinski definition) is 0. The Morgan fingerprint density at radius 1 is 0.842 bits per heavy atom. The van der Waals surface area contributed by atoms with Gasteiger partial charge in [0.2, 0.25) is 8.32 Å². The van der Waals surface area contributed by atoms with Gasteiger partial charge >= 0.3 is 0 Å². The number of hydrogen-bond acceptors (Lipinski definition) is 4. The fraction of sp³-hybridized carbons (Fsp3) is 1.00. The zero-order valence-electron chi connectivity index (χ0n) is 13.7. The predicted octanol–water partition coefficient (Wildman–Crippen LogP) is 4.16. The van der Waals surface area contributed by atoms with Gasteiger partial charge in [-0.05, 0) is 19.6 Å². The molecule has 19 heavy (non-hydrogen) atoms. The van der Waals surface area contributed by atoms with Crippen LogP contribution in [0.5, 0.6) is 0 Å². The van der Waals surface area contributed by atoms with Crippen molar-refractivity contribution in [3.05, 3.63) is 0 Å². The van der Waals surface area contributed by atoms with E-state index in [1.54, 1.807) is 0 Å². The second kappa shape index (κ2) is 5.53. The molecule has 116 valence electrons. The molecule has 0 saturated heterocycles. The molecular formula is C10H29O4PSSi3. The maximum absolute atomic E-state index is 13.4. The van der Waals surface area contributed by atoms with Crippen molar-refractivity contribution in [2.75, 3.05) is 5.49 Å². The second-order valence-electron chi connectivity index (χ2n) is 7.96. The molecule has 0 aliphatic heterocycles. The van der Waals surface area contributed by atoms with E-state index in [2.05, 4.69) is 0 Å². The summed E-state index contributed by atoms with van der Waals surface area (Å²) in [5, 5.41) is 0. The van der Waals surface area contributed by atoms with Gasteiger partial charge in [-0.1, -0.05) is 39.3 Å². The first kappa shape index (κ1) is 19.8. The smallest absolute Gasteiger partial charge is 0.264 e. The van der Waals surface area contributed by atoms with Gasteiger partial charge in [-0.15, -0.1) is 0 Å². The third-order valence-corrected chi connectivity index (χ3v) is 40.4. The van der Waals surface area contributed by atoms with E-state index in [0.717, 1.165) is 0 Å². The Balaban J connectivity index is 5.60. The van der Waals surface area contributed by atoms with Crippen LogP contribution < -0.4 is 0 Å². The fourth-order valence-corrected chi connectivity index (χ4v) is 46.6. The molecule has 0 radical (unpaired) electrons. The molecule has 0 N–H and O–H groups in total. The van der Waals surface area contributed by atoms with Crippen molar-refractivity contribution >= 4 is 40.2 Å². The van der Waals surface area contributed by atoms with Crippen LogP contribution in [0.4, 0.5) is 0 Å². The van der Waals surface area contributed by atoms with E-state index in [9.17, 15) is 13.0 Å². The second-order valence-corrected chi connectivity index (χ2v) is 38.9. The lowest BCUT2D eigenvalue weighted by molar-refractivity contribution is 0.490. The first-order valence-electron chi connectivity index (χ1n) is 6.44. The first-order chi connectivity index (χ1) is 7.91. The fourth-order valence-electron chi connectivity index (χ4n) is 2.02. The van der Waals surface area contributed by atoms with Crippen LogP contribution in [0.2, 0.25) is 58.9 Å². The van der Waals surface area contributed by atoms with Crippen molar-refractivity contribution in [1.29, 1.82) is 0 Å². The van der Waals surface area contributed by atoms with Gasteiger partial charge in [-0.25, -0.2) is 0 Å². The molecule has 4 nitrogen and oxygen atoms in total. The van der Waals surface area contributed by atoms with Crippen molar-refractivity contribution < 1.29 is 16.9 Å². The van der Waals surface area contributed by atoms with Crippen LogP contribution in [-0.4, -0.2) is 37.7 Å². The third-order valence-electron chi connectivity index (χ3n) is 2.88. The van der Waals surface area contributed by atoms with E-state index >= 15 is 0 Å². The molecule has 0 unspecified atom stereocenters. The highest BCUT2D eigenvalue weighted by molar-refractivity contribution is 8.26. The summed E-state index contributed by atoms with van der Waals surface area (Å²) in [6.07, 6.45) is -2.71. The van der Waals surface area contributed by atoms with Crippen LogP contribution in [0.15, 0.2) is 0 Å². The average Bonchev–Trinajstić information content (AvgIpc) is 1.92. The van der Waals surface area contributed by atoms with Crippen LogP contribution in [0.25, 0.3) is 0 Å². The van der Waals surface area contributed by atoms with E-state index < -0.39 is 40.2 Å². The average molecular weight is 361 g/mol. The molecule has 9 heteroatoms. The van der Waals surface area contributed by atoms with E-state index in [0.29, 0.717) is 0 Å². The molecule has 0 aliphatic rings. The minimum Gasteiger partial charge on any atom is -0.332 e. The summed E-state index contributed by atoms with van der Waals surface area (Å²) in [5.74, 6) is 0. The molecule has 0 aliphatic carbocycles. The van der Waals surface area contributed by atoms with E-state index in [4.69, 9.17) is 3.87 Å². The van der Waals surface area contributed by atoms with Crippen molar-refractivity contribution in [3.63, 3.8) is 0 Å². The van der Waals surface area contributed by atoms with Gasteiger partial charge in [0.25, 0.3) is 10.1 Å². The van der Waals surface area contributed by atoms with Gasteiger partial charge in [-0.2, -0.15) is 8.42 Å². The van der Waals surface area contributed by atoms with Crippen LogP contribution >= 0.6 is 6.24 Å². The van der Waals surface area contributed by atoms with Crippen molar-refractivity contribution in [2.24, 2.45) is 0 Å². The normalized spacial score (nSPS) is 15.6.